The summed E-state index contributed by atoms with van der Waals surface area (Å²) in [6.45, 7) is 1.35. The number of fused-ring (bicyclic) bond motifs is 2. The largest absolute Gasteiger partial charge is 0.504 e. The van der Waals surface area contributed by atoms with Crippen molar-refractivity contribution < 1.29 is 19.4 Å². The summed E-state index contributed by atoms with van der Waals surface area (Å²) in [6, 6.07) is 18.9. The Hall–Kier alpha value is -2.89. The normalized spacial score (nSPS) is 28.4. The minimum Gasteiger partial charge on any atom is -0.504 e. The standard InChI is InChI=1S/C29H31NO4/c1-30-14-13-28-17-23(31)11-12-29(28,25(30)16-22-9-10-24(33-2)27(32)26(22)28)34-18-19-7-8-20-5-3-4-6-21(20)15-19/h3-10,15,25,32H,11-14,16-18H2,1-2H3/t25?,28-,29+/m0/s1. The Kier molecular flexibility index (Phi) is 4.98. The number of Topliss-reactive ketones (excluding diaryl/α,β-unsaturated/α-hetero) is 1. The van der Waals surface area contributed by atoms with Gasteiger partial charge in [0.25, 0.3) is 0 Å². The number of carbonyl (C=O) groups excluding carboxylic acids is 1. The van der Waals surface area contributed by atoms with Gasteiger partial charge in [0.05, 0.1) is 19.3 Å². The van der Waals surface area contributed by atoms with Gasteiger partial charge in [0.15, 0.2) is 11.5 Å². The number of likely N-dealkylation sites (tertiary alicyclic amines) is 1. The SMILES string of the molecule is COc1ccc2c(c1O)[C@@]13CCN(C)C(C2)[C@]1(OCc1ccc2ccccc2c1)CCC(=O)C3. The van der Waals surface area contributed by atoms with Crippen molar-refractivity contribution >= 4 is 16.6 Å². The zero-order chi connectivity index (χ0) is 23.5. The van der Waals surface area contributed by atoms with Crippen LogP contribution in [0.1, 0.15) is 42.4 Å². The Morgan fingerprint density at radius 3 is 2.74 bits per heavy atom. The summed E-state index contributed by atoms with van der Waals surface area (Å²) in [5.74, 6) is 0.895. The van der Waals surface area contributed by atoms with Gasteiger partial charge in [-0.1, -0.05) is 42.5 Å². The maximum atomic E-state index is 13.0. The third-order valence-electron chi connectivity index (χ3n) is 8.70. The molecule has 0 amide bonds. The van der Waals surface area contributed by atoms with E-state index in [-0.39, 0.29) is 17.6 Å². The molecular formula is C29H31NO4. The molecule has 3 aromatic rings. The van der Waals surface area contributed by atoms with Gasteiger partial charge in [0.2, 0.25) is 0 Å². The van der Waals surface area contributed by atoms with Gasteiger partial charge in [0.1, 0.15) is 5.78 Å². The maximum absolute atomic E-state index is 13.0. The van der Waals surface area contributed by atoms with Gasteiger partial charge in [-0.2, -0.15) is 0 Å². The molecule has 5 heteroatoms. The van der Waals surface area contributed by atoms with E-state index < -0.39 is 11.0 Å². The van der Waals surface area contributed by atoms with Crippen LogP contribution in [0.15, 0.2) is 54.6 Å². The molecule has 1 saturated carbocycles. The monoisotopic (exact) mass is 457 g/mol. The van der Waals surface area contributed by atoms with Crippen molar-refractivity contribution in [1.29, 1.82) is 0 Å². The van der Waals surface area contributed by atoms with Crippen LogP contribution in [-0.4, -0.2) is 48.1 Å². The van der Waals surface area contributed by atoms with E-state index in [0.717, 1.165) is 36.1 Å². The third-order valence-corrected chi connectivity index (χ3v) is 8.70. The molecule has 0 radical (unpaired) electrons. The predicted molar refractivity (Wildman–Crippen MR) is 131 cm³/mol. The lowest BCUT2D eigenvalue weighted by atomic mass is 9.49. The van der Waals surface area contributed by atoms with E-state index in [0.29, 0.717) is 31.6 Å². The highest BCUT2D eigenvalue weighted by molar-refractivity contribution is 5.84. The van der Waals surface area contributed by atoms with Crippen LogP contribution in [0.4, 0.5) is 0 Å². The molecule has 1 unspecified atom stereocenters. The number of hydrogen-bond acceptors (Lipinski definition) is 5. The Morgan fingerprint density at radius 1 is 1.09 bits per heavy atom. The number of methoxy groups -OCH3 is 1. The quantitative estimate of drug-likeness (QED) is 0.612. The van der Waals surface area contributed by atoms with Crippen LogP contribution in [0.25, 0.3) is 10.8 Å². The van der Waals surface area contributed by atoms with E-state index in [1.54, 1.807) is 7.11 Å². The van der Waals surface area contributed by atoms with E-state index in [1.807, 2.05) is 6.07 Å². The number of phenols is 1. The molecule has 1 aliphatic heterocycles. The summed E-state index contributed by atoms with van der Waals surface area (Å²) in [4.78, 5) is 15.4. The summed E-state index contributed by atoms with van der Waals surface area (Å²) < 4.78 is 12.5. The van der Waals surface area contributed by atoms with Gasteiger partial charge in [-0.05, 0) is 66.9 Å². The predicted octanol–water partition coefficient (Wildman–Crippen LogP) is 4.76. The van der Waals surface area contributed by atoms with Gasteiger partial charge in [-0.25, -0.2) is 0 Å². The van der Waals surface area contributed by atoms with Crippen molar-refractivity contribution in [2.24, 2.45) is 0 Å². The smallest absolute Gasteiger partial charge is 0.161 e. The lowest BCUT2D eigenvalue weighted by Gasteiger charge is -2.64. The molecule has 3 aromatic carbocycles. The third kappa shape index (κ3) is 2.96. The first-order valence-corrected chi connectivity index (χ1v) is 12.2. The number of hydrogen-bond donors (Lipinski definition) is 1. The molecular weight excluding hydrogens is 426 g/mol. The Morgan fingerprint density at radius 2 is 1.91 bits per heavy atom. The zero-order valence-corrected chi connectivity index (χ0v) is 19.8. The lowest BCUT2D eigenvalue weighted by Crippen LogP contribution is -2.73. The van der Waals surface area contributed by atoms with E-state index in [4.69, 9.17) is 9.47 Å². The van der Waals surface area contributed by atoms with Crippen molar-refractivity contribution in [3.8, 4) is 11.5 Å². The van der Waals surface area contributed by atoms with Gasteiger partial charge < -0.3 is 19.5 Å². The molecule has 1 heterocycles. The maximum Gasteiger partial charge on any atom is 0.161 e. The number of nitrogens with zero attached hydrogens (tertiary/aromatic N) is 1. The molecule has 6 rings (SSSR count). The lowest BCUT2D eigenvalue weighted by molar-refractivity contribution is -0.202. The molecule has 3 atom stereocenters. The summed E-state index contributed by atoms with van der Waals surface area (Å²) in [7, 11) is 3.75. The second-order valence-corrected chi connectivity index (χ2v) is 10.3. The number of ketones is 1. The highest BCUT2D eigenvalue weighted by atomic mass is 16.5. The minimum atomic E-state index is -0.553. The summed E-state index contributed by atoms with van der Waals surface area (Å²) in [5.41, 5.74) is 2.01. The number of piperidine rings is 1. The second-order valence-electron chi connectivity index (χ2n) is 10.3. The summed E-state index contributed by atoms with van der Waals surface area (Å²) in [6.07, 6.45) is 3.16. The first-order valence-electron chi connectivity index (χ1n) is 12.2. The van der Waals surface area contributed by atoms with Crippen LogP contribution in [0.2, 0.25) is 0 Å². The number of phenolic OH excluding ortho intramolecular Hbond substituents is 1. The fourth-order valence-electron chi connectivity index (χ4n) is 7.09. The topological polar surface area (TPSA) is 59.0 Å². The molecule has 1 N–H and O–H groups in total. The average molecular weight is 458 g/mol. The van der Waals surface area contributed by atoms with Crippen LogP contribution in [0, 0.1) is 0 Å². The van der Waals surface area contributed by atoms with Crippen molar-refractivity contribution in [2.45, 2.75) is 55.8 Å². The molecule has 34 heavy (non-hydrogen) atoms. The van der Waals surface area contributed by atoms with Gasteiger partial charge in [0, 0.05) is 29.9 Å². The van der Waals surface area contributed by atoms with E-state index in [1.165, 1.54) is 10.8 Å². The number of aromatic hydroxyl groups is 1. The fraction of sp³-hybridized carbons (Fsp3) is 0.414. The van der Waals surface area contributed by atoms with Crippen LogP contribution in [0.5, 0.6) is 11.5 Å². The summed E-state index contributed by atoms with van der Waals surface area (Å²) >= 11 is 0. The van der Waals surface area contributed by atoms with Crippen LogP contribution in [-0.2, 0) is 28.0 Å². The van der Waals surface area contributed by atoms with Gasteiger partial charge in [-0.15, -0.1) is 0 Å². The van der Waals surface area contributed by atoms with E-state index in [2.05, 4.69) is 60.5 Å². The molecule has 3 aliphatic rings. The number of likely N-dealkylation sites (N-methyl/N-ethyl adjacent to an activating group) is 1. The van der Waals surface area contributed by atoms with Crippen molar-refractivity contribution in [2.75, 3.05) is 20.7 Å². The summed E-state index contributed by atoms with van der Waals surface area (Å²) in [5, 5.41) is 13.8. The molecule has 2 fully saturated rings. The van der Waals surface area contributed by atoms with Crippen LogP contribution in [0.3, 0.4) is 0 Å². The molecule has 0 spiro atoms. The van der Waals surface area contributed by atoms with Gasteiger partial charge in [-0.3, -0.25) is 4.79 Å². The number of rotatable bonds is 4. The highest BCUT2D eigenvalue weighted by Gasteiger charge is 2.66. The Labute approximate surface area is 200 Å². The number of carbonyl (C=O) groups is 1. The molecule has 1 saturated heterocycles. The zero-order valence-electron chi connectivity index (χ0n) is 19.8. The van der Waals surface area contributed by atoms with Crippen molar-refractivity contribution in [3.63, 3.8) is 0 Å². The highest BCUT2D eigenvalue weighted by Crippen LogP contribution is 2.62. The van der Waals surface area contributed by atoms with Crippen molar-refractivity contribution in [3.05, 3.63) is 71.3 Å². The fourth-order valence-corrected chi connectivity index (χ4v) is 7.09. The van der Waals surface area contributed by atoms with E-state index in [9.17, 15) is 9.90 Å². The number of benzene rings is 3. The molecule has 0 aromatic heterocycles. The molecule has 5 nitrogen and oxygen atoms in total. The first-order chi connectivity index (χ1) is 16.5. The average Bonchev–Trinajstić information content (AvgIpc) is 2.85. The van der Waals surface area contributed by atoms with Crippen LogP contribution < -0.4 is 4.74 Å². The van der Waals surface area contributed by atoms with Gasteiger partial charge >= 0.3 is 0 Å². The Balaban J connectivity index is 1.47. The molecule has 2 aliphatic carbocycles. The molecule has 2 bridgehead atoms. The van der Waals surface area contributed by atoms with Crippen LogP contribution >= 0.6 is 0 Å². The number of ether oxygens (including phenoxy) is 2. The minimum absolute atomic E-state index is 0.148. The first kappa shape index (κ1) is 21.6. The van der Waals surface area contributed by atoms with Crippen molar-refractivity contribution in [1.82, 2.24) is 4.90 Å². The Bertz CT molecular complexity index is 1290. The molecule has 176 valence electrons. The second kappa shape index (κ2) is 7.82. The van der Waals surface area contributed by atoms with E-state index >= 15 is 0 Å².